The van der Waals surface area contributed by atoms with E-state index in [4.69, 9.17) is 5.73 Å². The largest absolute Gasteiger partial charge is 0.405 e. The SMILES string of the molecule is CCC/C=C\C/C=C\N. The number of rotatable bonds is 4. The number of nitrogens with two attached hydrogens (primary N) is 1. The molecule has 9 heavy (non-hydrogen) atoms. The first-order chi connectivity index (χ1) is 4.41. The second kappa shape index (κ2) is 7.28. The van der Waals surface area contributed by atoms with Crippen LogP contribution in [0.2, 0.25) is 0 Å². The molecule has 2 N–H and O–H groups in total. The maximum Gasteiger partial charge on any atom is -0.00999 e. The molecule has 0 unspecified atom stereocenters. The molecule has 0 aromatic heterocycles. The van der Waals surface area contributed by atoms with Gasteiger partial charge in [0.15, 0.2) is 0 Å². The molecule has 0 saturated carbocycles. The predicted octanol–water partition coefficient (Wildman–Crippen LogP) is 2.21. The molecule has 0 aliphatic carbocycles. The zero-order chi connectivity index (χ0) is 6.95. The summed E-state index contributed by atoms with van der Waals surface area (Å²) in [7, 11) is 0. The van der Waals surface area contributed by atoms with E-state index < -0.39 is 0 Å². The zero-order valence-corrected chi connectivity index (χ0v) is 6.01. The van der Waals surface area contributed by atoms with Crippen molar-refractivity contribution in [2.24, 2.45) is 5.73 Å². The highest BCUT2D eigenvalue weighted by Crippen LogP contribution is 1.90. The average Bonchev–Trinajstić information content (AvgIpc) is 1.89. The van der Waals surface area contributed by atoms with Crippen LogP contribution in [0.25, 0.3) is 0 Å². The normalized spacial score (nSPS) is 11.7. The van der Waals surface area contributed by atoms with Crippen molar-refractivity contribution in [3.8, 4) is 0 Å². The Morgan fingerprint density at radius 1 is 1.22 bits per heavy atom. The Kier molecular flexibility index (Phi) is 6.70. The van der Waals surface area contributed by atoms with E-state index in [0.717, 1.165) is 6.42 Å². The minimum atomic E-state index is 0.969. The van der Waals surface area contributed by atoms with Gasteiger partial charge in [0, 0.05) is 0 Å². The standard InChI is InChI=1S/C8H15N/c1-2-3-4-5-6-7-8-9/h4-5,7-8H,2-3,6,9H2,1H3/b5-4-,8-7-. The summed E-state index contributed by atoms with van der Waals surface area (Å²) in [6, 6.07) is 0. The van der Waals surface area contributed by atoms with Crippen LogP contribution in [-0.4, -0.2) is 0 Å². The van der Waals surface area contributed by atoms with Crippen molar-refractivity contribution in [3.63, 3.8) is 0 Å². The molecule has 0 aliphatic rings. The van der Waals surface area contributed by atoms with Crippen molar-refractivity contribution < 1.29 is 0 Å². The van der Waals surface area contributed by atoms with Crippen LogP contribution in [0.3, 0.4) is 0 Å². The molecule has 52 valence electrons. The van der Waals surface area contributed by atoms with Crippen molar-refractivity contribution in [2.75, 3.05) is 0 Å². The lowest BCUT2D eigenvalue weighted by atomic mass is 10.3. The van der Waals surface area contributed by atoms with Crippen LogP contribution in [0.4, 0.5) is 0 Å². The number of allylic oxidation sites excluding steroid dienone is 3. The molecule has 0 aliphatic heterocycles. The van der Waals surface area contributed by atoms with Crippen molar-refractivity contribution >= 4 is 0 Å². The van der Waals surface area contributed by atoms with E-state index in [9.17, 15) is 0 Å². The second-order valence-corrected chi connectivity index (χ2v) is 1.92. The number of hydrogen-bond donors (Lipinski definition) is 1. The third kappa shape index (κ3) is 7.28. The monoisotopic (exact) mass is 125 g/mol. The predicted molar refractivity (Wildman–Crippen MR) is 42.0 cm³/mol. The minimum Gasteiger partial charge on any atom is -0.405 e. The first-order valence-electron chi connectivity index (χ1n) is 3.43. The lowest BCUT2D eigenvalue weighted by Crippen LogP contribution is -1.73. The van der Waals surface area contributed by atoms with E-state index in [-0.39, 0.29) is 0 Å². The van der Waals surface area contributed by atoms with Crippen molar-refractivity contribution in [2.45, 2.75) is 26.2 Å². The zero-order valence-electron chi connectivity index (χ0n) is 6.01. The molecular formula is C8H15N. The summed E-state index contributed by atoms with van der Waals surface area (Å²) in [5.74, 6) is 0. The Hall–Kier alpha value is -0.720. The van der Waals surface area contributed by atoms with Crippen LogP contribution in [0.1, 0.15) is 26.2 Å². The van der Waals surface area contributed by atoms with Crippen LogP contribution in [0, 0.1) is 0 Å². The third-order valence-electron chi connectivity index (χ3n) is 1.03. The lowest BCUT2D eigenvalue weighted by molar-refractivity contribution is 0.954. The van der Waals surface area contributed by atoms with Crippen molar-refractivity contribution in [1.82, 2.24) is 0 Å². The van der Waals surface area contributed by atoms with Gasteiger partial charge in [0.2, 0.25) is 0 Å². The fraction of sp³-hybridized carbons (Fsp3) is 0.500. The molecule has 0 radical (unpaired) electrons. The molecule has 0 saturated heterocycles. The van der Waals surface area contributed by atoms with Gasteiger partial charge in [0.05, 0.1) is 0 Å². The topological polar surface area (TPSA) is 26.0 Å². The summed E-state index contributed by atoms with van der Waals surface area (Å²) in [6.07, 6.45) is 11.2. The van der Waals surface area contributed by atoms with Crippen LogP contribution < -0.4 is 5.73 Å². The van der Waals surface area contributed by atoms with Crippen LogP contribution in [0.15, 0.2) is 24.4 Å². The lowest BCUT2D eigenvalue weighted by Gasteiger charge is -1.81. The van der Waals surface area contributed by atoms with Gasteiger partial charge >= 0.3 is 0 Å². The molecule has 0 amide bonds. The highest BCUT2D eigenvalue weighted by Gasteiger charge is 1.70. The van der Waals surface area contributed by atoms with Gasteiger partial charge < -0.3 is 5.73 Å². The fourth-order valence-corrected chi connectivity index (χ4v) is 0.538. The Balaban J connectivity index is 3.04. The molecule has 0 rings (SSSR count). The molecule has 0 spiro atoms. The number of unbranched alkanes of at least 4 members (excludes halogenated alkanes) is 1. The molecular weight excluding hydrogens is 110 g/mol. The summed E-state index contributed by atoms with van der Waals surface area (Å²) >= 11 is 0. The second-order valence-electron chi connectivity index (χ2n) is 1.92. The number of hydrogen-bond acceptors (Lipinski definition) is 1. The third-order valence-corrected chi connectivity index (χ3v) is 1.03. The van der Waals surface area contributed by atoms with Crippen molar-refractivity contribution in [3.05, 3.63) is 24.4 Å². The summed E-state index contributed by atoms with van der Waals surface area (Å²) < 4.78 is 0. The summed E-state index contributed by atoms with van der Waals surface area (Å²) in [5, 5.41) is 0. The van der Waals surface area contributed by atoms with Gasteiger partial charge in [-0.05, 0) is 19.0 Å². The molecule has 0 aromatic rings. The van der Waals surface area contributed by atoms with Gasteiger partial charge in [-0.15, -0.1) is 0 Å². The summed E-state index contributed by atoms with van der Waals surface area (Å²) in [4.78, 5) is 0. The minimum absolute atomic E-state index is 0.969. The molecule has 0 atom stereocenters. The highest BCUT2D eigenvalue weighted by atomic mass is 14.5. The fourth-order valence-electron chi connectivity index (χ4n) is 0.538. The van der Waals surface area contributed by atoms with Gasteiger partial charge in [0.25, 0.3) is 0 Å². The van der Waals surface area contributed by atoms with E-state index in [1.165, 1.54) is 12.8 Å². The van der Waals surface area contributed by atoms with E-state index in [2.05, 4.69) is 19.1 Å². The molecule has 1 nitrogen and oxygen atoms in total. The van der Waals surface area contributed by atoms with E-state index >= 15 is 0 Å². The summed E-state index contributed by atoms with van der Waals surface area (Å²) in [5.41, 5.74) is 5.13. The molecule has 0 bridgehead atoms. The van der Waals surface area contributed by atoms with Crippen LogP contribution in [-0.2, 0) is 0 Å². The molecule has 0 aromatic carbocycles. The van der Waals surface area contributed by atoms with Crippen molar-refractivity contribution in [1.29, 1.82) is 0 Å². The Bertz CT molecular complexity index is 92.7. The Labute approximate surface area is 57.3 Å². The smallest absolute Gasteiger partial charge is 0.00999 e. The highest BCUT2D eigenvalue weighted by molar-refractivity contribution is 4.90. The first-order valence-corrected chi connectivity index (χ1v) is 3.43. The maximum atomic E-state index is 5.13. The quantitative estimate of drug-likeness (QED) is 0.573. The summed E-state index contributed by atoms with van der Waals surface area (Å²) in [6.45, 7) is 2.17. The van der Waals surface area contributed by atoms with Gasteiger partial charge in [-0.2, -0.15) is 0 Å². The van der Waals surface area contributed by atoms with Crippen LogP contribution in [0.5, 0.6) is 0 Å². The van der Waals surface area contributed by atoms with Gasteiger partial charge in [-0.25, -0.2) is 0 Å². The average molecular weight is 125 g/mol. The van der Waals surface area contributed by atoms with E-state index in [1.54, 1.807) is 6.20 Å². The Morgan fingerprint density at radius 3 is 2.56 bits per heavy atom. The van der Waals surface area contributed by atoms with Gasteiger partial charge in [-0.3, -0.25) is 0 Å². The molecule has 0 fully saturated rings. The van der Waals surface area contributed by atoms with Gasteiger partial charge in [0.1, 0.15) is 0 Å². The van der Waals surface area contributed by atoms with E-state index in [1.807, 2.05) is 6.08 Å². The molecule has 0 heterocycles. The van der Waals surface area contributed by atoms with E-state index in [0.29, 0.717) is 0 Å². The first kappa shape index (κ1) is 8.28. The molecule has 1 heteroatoms. The maximum absolute atomic E-state index is 5.13. The van der Waals surface area contributed by atoms with Crippen LogP contribution >= 0.6 is 0 Å². The van der Waals surface area contributed by atoms with Gasteiger partial charge in [-0.1, -0.05) is 31.6 Å². The Morgan fingerprint density at radius 2 is 2.00 bits per heavy atom.